The second kappa shape index (κ2) is 16.3. The molecule has 2 saturated carbocycles. The van der Waals surface area contributed by atoms with Crippen molar-refractivity contribution < 1.29 is 18.7 Å². The third kappa shape index (κ3) is 9.61. The SMILES string of the molecule is CN=C(NC1=CC=C(F)C=C(F)C1)N(c1ccnc(NC2CCCCC2)n1)C1CCCC(O)CC1.O=CN1CCCC1. The number of nitrogens with zero attached hydrogens (tertiary/aromatic N) is 5. The van der Waals surface area contributed by atoms with E-state index in [-0.39, 0.29) is 18.6 Å². The molecule has 3 fully saturated rings. The molecule has 0 bridgehead atoms. The normalized spacial score (nSPS) is 23.8. The zero-order valence-corrected chi connectivity index (χ0v) is 24.7. The maximum absolute atomic E-state index is 14.1. The molecule has 3 aliphatic carbocycles. The Labute approximate surface area is 247 Å². The number of carbonyl (C=O) groups is 1. The van der Waals surface area contributed by atoms with Crippen LogP contribution >= 0.6 is 0 Å². The van der Waals surface area contributed by atoms with Crippen LogP contribution in [-0.2, 0) is 4.79 Å². The molecule has 1 saturated heterocycles. The molecule has 2 atom stereocenters. The molecule has 3 N–H and O–H groups in total. The minimum Gasteiger partial charge on any atom is -0.393 e. The van der Waals surface area contributed by atoms with Crippen molar-refractivity contribution in [1.29, 1.82) is 0 Å². The van der Waals surface area contributed by atoms with E-state index in [1.54, 1.807) is 18.1 Å². The molecule has 4 aliphatic rings. The molecule has 0 spiro atoms. The summed E-state index contributed by atoms with van der Waals surface area (Å²) < 4.78 is 27.8. The van der Waals surface area contributed by atoms with E-state index in [4.69, 9.17) is 4.98 Å². The van der Waals surface area contributed by atoms with E-state index >= 15 is 0 Å². The van der Waals surface area contributed by atoms with Crippen molar-refractivity contribution in [2.24, 2.45) is 4.99 Å². The Balaban J connectivity index is 0.000000507. The van der Waals surface area contributed by atoms with Crippen molar-refractivity contribution in [2.45, 2.75) is 102 Å². The number of aliphatic hydroxyl groups excluding tert-OH is 1. The molecule has 9 nitrogen and oxygen atoms in total. The number of hydrogen-bond donors (Lipinski definition) is 3. The van der Waals surface area contributed by atoms with Gasteiger partial charge in [-0.3, -0.25) is 14.7 Å². The minimum atomic E-state index is -0.627. The molecule has 2 heterocycles. The van der Waals surface area contributed by atoms with Crippen LogP contribution in [0.5, 0.6) is 0 Å². The largest absolute Gasteiger partial charge is 0.393 e. The van der Waals surface area contributed by atoms with Crippen molar-refractivity contribution in [3.63, 3.8) is 0 Å². The summed E-state index contributed by atoms with van der Waals surface area (Å²) in [7, 11) is 1.67. The third-order valence-electron chi connectivity index (χ3n) is 8.20. The number of nitrogens with one attached hydrogen (secondary N) is 2. The summed E-state index contributed by atoms with van der Waals surface area (Å²) in [6, 6.07) is 2.25. The first kappa shape index (κ1) is 31.6. The number of likely N-dealkylation sites (tertiary alicyclic amines) is 1. The Bertz CT molecular complexity index is 1140. The van der Waals surface area contributed by atoms with Crippen molar-refractivity contribution in [1.82, 2.24) is 20.2 Å². The second-order valence-corrected chi connectivity index (χ2v) is 11.4. The zero-order valence-electron chi connectivity index (χ0n) is 24.7. The lowest BCUT2D eigenvalue weighted by Crippen LogP contribution is -2.48. The number of anilines is 2. The number of aromatic nitrogens is 2. The number of aliphatic imine (C=N–C) groups is 1. The molecule has 0 aromatic carbocycles. The molecule has 5 rings (SSSR count). The van der Waals surface area contributed by atoms with Crippen LogP contribution in [0.25, 0.3) is 0 Å². The lowest BCUT2D eigenvalue weighted by Gasteiger charge is -2.34. The molecule has 11 heteroatoms. The van der Waals surface area contributed by atoms with Crippen LogP contribution in [0.3, 0.4) is 0 Å². The third-order valence-corrected chi connectivity index (χ3v) is 8.20. The van der Waals surface area contributed by atoms with Gasteiger partial charge in [-0.1, -0.05) is 19.3 Å². The standard InChI is InChI=1S/C26H36F2N6O.C5H9NO/c1-29-26(32-21-11-10-18(27)16-19(28)17-21)34(22-8-5-9-23(35)13-12-22)24-14-15-30-25(33-24)31-20-6-3-2-4-7-20;7-5-6-3-1-2-4-6/h10-11,14-16,20,22-23,35H,2-9,12-13,17H2,1H3,(H,29,32)(H,30,31,33);5H,1-4H2. The van der Waals surface area contributed by atoms with Crippen LogP contribution in [0.2, 0.25) is 0 Å². The van der Waals surface area contributed by atoms with Crippen LogP contribution in [0, 0.1) is 0 Å². The van der Waals surface area contributed by atoms with E-state index in [0.717, 1.165) is 64.1 Å². The summed E-state index contributed by atoms with van der Waals surface area (Å²) in [5, 5.41) is 16.9. The van der Waals surface area contributed by atoms with Gasteiger partial charge in [0.25, 0.3) is 0 Å². The van der Waals surface area contributed by atoms with E-state index in [9.17, 15) is 18.7 Å². The molecule has 42 heavy (non-hydrogen) atoms. The highest BCUT2D eigenvalue weighted by atomic mass is 19.1. The first-order chi connectivity index (χ1) is 20.4. The van der Waals surface area contributed by atoms with Gasteiger partial charge < -0.3 is 20.6 Å². The zero-order chi connectivity index (χ0) is 29.7. The number of carbonyl (C=O) groups excluding carboxylic acids is 1. The highest BCUT2D eigenvalue weighted by Gasteiger charge is 2.29. The molecule has 1 aromatic rings. The van der Waals surface area contributed by atoms with Crippen molar-refractivity contribution in [3.05, 3.63) is 47.8 Å². The summed E-state index contributed by atoms with van der Waals surface area (Å²) in [6.07, 6.45) is 18.2. The number of aliphatic hydroxyl groups is 1. The smallest absolute Gasteiger partial charge is 0.224 e. The van der Waals surface area contributed by atoms with Crippen LogP contribution in [0.1, 0.15) is 83.5 Å². The van der Waals surface area contributed by atoms with Crippen molar-refractivity contribution >= 4 is 24.1 Å². The van der Waals surface area contributed by atoms with Crippen LogP contribution in [0.15, 0.2) is 52.8 Å². The average Bonchev–Trinajstić information content (AvgIpc) is 3.37. The van der Waals surface area contributed by atoms with E-state index in [0.29, 0.717) is 35.9 Å². The fraction of sp³-hybridized carbons (Fsp3) is 0.613. The first-order valence-electron chi connectivity index (χ1n) is 15.4. The quantitative estimate of drug-likeness (QED) is 0.175. The number of halogens is 2. The number of amides is 1. The predicted molar refractivity (Wildman–Crippen MR) is 162 cm³/mol. The van der Waals surface area contributed by atoms with Gasteiger partial charge in [-0.05, 0) is 76.0 Å². The first-order valence-corrected chi connectivity index (χ1v) is 15.4. The Kier molecular flexibility index (Phi) is 12.3. The van der Waals surface area contributed by atoms with E-state index in [1.807, 2.05) is 11.0 Å². The summed E-state index contributed by atoms with van der Waals surface area (Å²) in [4.78, 5) is 27.6. The van der Waals surface area contributed by atoms with Gasteiger partial charge in [0.2, 0.25) is 18.3 Å². The summed E-state index contributed by atoms with van der Waals surface area (Å²) in [5.74, 6) is 0.577. The number of allylic oxidation sites excluding steroid dienone is 5. The molecular formula is C31H45F2N7O2. The van der Waals surface area contributed by atoms with Crippen molar-refractivity contribution in [3.8, 4) is 0 Å². The topological polar surface area (TPSA) is 106 Å². The van der Waals surface area contributed by atoms with Gasteiger partial charge in [0, 0.05) is 56.6 Å². The molecular weight excluding hydrogens is 540 g/mol. The Morgan fingerprint density at radius 1 is 1.05 bits per heavy atom. The van der Waals surface area contributed by atoms with Gasteiger partial charge in [-0.25, -0.2) is 13.8 Å². The molecule has 2 unspecified atom stereocenters. The van der Waals surface area contributed by atoms with Crippen molar-refractivity contribution in [2.75, 3.05) is 30.4 Å². The van der Waals surface area contributed by atoms with Gasteiger partial charge in [0.15, 0.2) is 0 Å². The Hall–Kier alpha value is -3.34. The summed E-state index contributed by atoms with van der Waals surface area (Å²) in [6.45, 7) is 1.95. The highest BCUT2D eigenvalue weighted by Crippen LogP contribution is 2.28. The van der Waals surface area contributed by atoms with Crippen LogP contribution in [0.4, 0.5) is 20.5 Å². The highest BCUT2D eigenvalue weighted by molar-refractivity contribution is 5.97. The number of hydrogen-bond acceptors (Lipinski definition) is 6. The number of rotatable bonds is 6. The molecule has 1 aromatic heterocycles. The minimum absolute atomic E-state index is 0.0369. The summed E-state index contributed by atoms with van der Waals surface area (Å²) >= 11 is 0. The van der Waals surface area contributed by atoms with Gasteiger partial charge >= 0.3 is 0 Å². The van der Waals surface area contributed by atoms with E-state index in [1.165, 1.54) is 44.3 Å². The fourth-order valence-electron chi connectivity index (χ4n) is 5.94. The van der Waals surface area contributed by atoms with Gasteiger partial charge in [-0.15, -0.1) is 0 Å². The Morgan fingerprint density at radius 3 is 2.55 bits per heavy atom. The lowest BCUT2D eigenvalue weighted by molar-refractivity contribution is -0.117. The maximum atomic E-state index is 14.1. The monoisotopic (exact) mass is 585 g/mol. The van der Waals surface area contributed by atoms with Crippen LogP contribution in [-0.4, -0.2) is 70.7 Å². The average molecular weight is 586 g/mol. The lowest BCUT2D eigenvalue weighted by atomic mass is 9.96. The molecule has 0 radical (unpaired) electrons. The predicted octanol–water partition coefficient (Wildman–Crippen LogP) is 5.53. The molecule has 1 amide bonds. The van der Waals surface area contributed by atoms with Gasteiger partial charge in [-0.2, -0.15) is 4.98 Å². The second-order valence-electron chi connectivity index (χ2n) is 11.4. The molecule has 230 valence electrons. The fourth-order valence-corrected chi connectivity index (χ4v) is 5.94. The molecule has 1 aliphatic heterocycles. The van der Waals surface area contributed by atoms with Crippen LogP contribution < -0.4 is 15.5 Å². The van der Waals surface area contributed by atoms with Gasteiger partial charge in [0.1, 0.15) is 17.5 Å². The number of guanidine groups is 1. The Morgan fingerprint density at radius 2 is 1.83 bits per heavy atom. The summed E-state index contributed by atoms with van der Waals surface area (Å²) in [5.41, 5.74) is 0.500. The van der Waals surface area contributed by atoms with Gasteiger partial charge in [0.05, 0.1) is 6.10 Å². The maximum Gasteiger partial charge on any atom is 0.224 e. The van der Waals surface area contributed by atoms with E-state index < -0.39 is 11.7 Å². The van der Waals surface area contributed by atoms with E-state index in [2.05, 4.69) is 20.6 Å².